The molecule has 1 N–H and O–H groups in total. The third-order valence-electron chi connectivity index (χ3n) is 3.76. The number of halogens is 1. The quantitative estimate of drug-likeness (QED) is 0.794. The first-order valence-corrected chi connectivity index (χ1v) is 6.63. The fourth-order valence-corrected chi connectivity index (χ4v) is 2.69. The molecule has 3 aromatic rings. The van der Waals surface area contributed by atoms with Crippen LogP contribution in [0.5, 0.6) is 0 Å². The van der Waals surface area contributed by atoms with Gasteiger partial charge in [-0.15, -0.1) is 5.10 Å². The Morgan fingerprint density at radius 2 is 2.15 bits per heavy atom. The van der Waals surface area contributed by atoms with E-state index < -0.39 is 0 Å². The van der Waals surface area contributed by atoms with E-state index in [2.05, 4.69) is 39.7 Å². The summed E-state index contributed by atoms with van der Waals surface area (Å²) >= 11 is 0. The number of benzene rings is 1. The smallest absolute Gasteiger partial charge is 0.243 e. The summed E-state index contributed by atoms with van der Waals surface area (Å²) < 4.78 is 14.5. The fraction of sp³-hybridized carbons (Fsp3) is 0.200. The van der Waals surface area contributed by atoms with Gasteiger partial charge >= 0.3 is 0 Å². The lowest BCUT2D eigenvalue weighted by Gasteiger charge is -2.29. The molecule has 0 bridgehead atoms. The van der Waals surface area contributed by atoms with Crippen LogP contribution in [0.2, 0.25) is 0 Å². The highest BCUT2D eigenvalue weighted by Crippen LogP contribution is 2.34. The van der Waals surface area contributed by atoms with Gasteiger partial charge in [-0.2, -0.15) is 4.98 Å². The lowest BCUT2D eigenvalue weighted by Crippen LogP contribution is -2.24. The third kappa shape index (κ3) is 1.82. The number of nitrogens with zero attached hydrogens (tertiary/aromatic N) is 3. The highest BCUT2D eigenvalue weighted by atomic mass is 19.1. The third-order valence-corrected chi connectivity index (χ3v) is 3.76. The molecule has 4 rings (SSSR count). The molecule has 100 valence electrons. The van der Waals surface area contributed by atoms with Crippen molar-refractivity contribution in [2.75, 3.05) is 11.9 Å². The Morgan fingerprint density at radius 1 is 1.25 bits per heavy atom. The van der Waals surface area contributed by atoms with Crippen LogP contribution < -0.4 is 5.32 Å². The zero-order valence-corrected chi connectivity index (χ0v) is 10.8. The molecule has 1 unspecified atom stereocenters. The van der Waals surface area contributed by atoms with Crippen LogP contribution in [0.15, 0.2) is 42.6 Å². The first kappa shape index (κ1) is 11.4. The second-order valence-electron chi connectivity index (χ2n) is 5.07. The molecule has 1 atom stereocenters. The molecule has 20 heavy (non-hydrogen) atoms. The molecule has 0 aliphatic heterocycles. The molecule has 1 aliphatic carbocycles. The van der Waals surface area contributed by atoms with Gasteiger partial charge in [0, 0.05) is 12.5 Å². The zero-order valence-electron chi connectivity index (χ0n) is 10.8. The average Bonchev–Trinajstić information content (AvgIpc) is 2.81. The number of anilines is 1. The Kier molecular flexibility index (Phi) is 2.45. The topological polar surface area (TPSA) is 42.2 Å². The molecule has 2 aromatic heterocycles. The van der Waals surface area contributed by atoms with Crippen molar-refractivity contribution >= 4 is 11.6 Å². The number of nitrogens with one attached hydrogen (secondary N) is 1. The molecule has 4 nitrogen and oxygen atoms in total. The van der Waals surface area contributed by atoms with Crippen LogP contribution in [0.1, 0.15) is 17.0 Å². The molecule has 1 aromatic carbocycles. The van der Waals surface area contributed by atoms with E-state index in [-0.39, 0.29) is 5.82 Å². The van der Waals surface area contributed by atoms with E-state index in [0.717, 1.165) is 13.0 Å². The minimum Gasteiger partial charge on any atom is -0.352 e. The summed E-state index contributed by atoms with van der Waals surface area (Å²) in [6.07, 6.45) is 2.41. The van der Waals surface area contributed by atoms with Crippen molar-refractivity contribution in [1.82, 2.24) is 14.6 Å². The molecule has 1 aliphatic rings. The van der Waals surface area contributed by atoms with Crippen LogP contribution in [0.25, 0.3) is 5.65 Å². The van der Waals surface area contributed by atoms with Crippen LogP contribution in [0.4, 0.5) is 10.3 Å². The van der Waals surface area contributed by atoms with E-state index in [1.165, 1.54) is 27.9 Å². The van der Waals surface area contributed by atoms with Crippen molar-refractivity contribution in [1.29, 1.82) is 0 Å². The Balaban J connectivity index is 1.49. The Bertz CT molecular complexity index is 780. The summed E-state index contributed by atoms with van der Waals surface area (Å²) in [7, 11) is 0. The molecular weight excluding hydrogens is 255 g/mol. The van der Waals surface area contributed by atoms with Crippen molar-refractivity contribution in [3.63, 3.8) is 0 Å². The highest BCUT2D eigenvalue weighted by Gasteiger charge is 2.25. The molecule has 0 amide bonds. The van der Waals surface area contributed by atoms with Gasteiger partial charge in [-0.25, -0.2) is 8.91 Å². The molecule has 0 saturated heterocycles. The van der Waals surface area contributed by atoms with E-state index in [4.69, 9.17) is 0 Å². The van der Waals surface area contributed by atoms with E-state index >= 15 is 0 Å². The number of hydrogen-bond acceptors (Lipinski definition) is 3. The maximum absolute atomic E-state index is 13.1. The molecule has 0 radical (unpaired) electrons. The van der Waals surface area contributed by atoms with Crippen LogP contribution >= 0.6 is 0 Å². The van der Waals surface area contributed by atoms with Crippen LogP contribution in [-0.4, -0.2) is 21.1 Å². The van der Waals surface area contributed by atoms with Gasteiger partial charge in [0.2, 0.25) is 5.95 Å². The number of hydrogen-bond donors (Lipinski definition) is 1. The SMILES string of the molecule is Fc1ccc2nc(NCC3Cc4ccccc43)nn2c1. The molecule has 5 heteroatoms. The number of rotatable bonds is 3. The molecule has 0 saturated carbocycles. The molecular formula is C15H13FN4. The van der Waals surface area contributed by atoms with Gasteiger partial charge in [0.05, 0.1) is 6.20 Å². The molecule has 2 heterocycles. The second kappa shape index (κ2) is 4.30. The maximum atomic E-state index is 13.1. The highest BCUT2D eigenvalue weighted by molar-refractivity contribution is 5.45. The lowest BCUT2D eigenvalue weighted by atomic mass is 9.78. The Hall–Kier alpha value is -2.43. The minimum atomic E-state index is -0.318. The van der Waals surface area contributed by atoms with E-state index in [9.17, 15) is 4.39 Å². The summed E-state index contributed by atoms with van der Waals surface area (Å²) in [6, 6.07) is 11.5. The van der Waals surface area contributed by atoms with Crippen LogP contribution in [0, 0.1) is 5.82 Å². The number of fused-ring (bicyclic) bond motifs is 2. The van der Waals surface area contributed by atoms with Crippen LogP contribution in [-0.2, 0) is 6.42 Å². The van der Waals surface area contributed by atoms with Crippen molar-refractivity contribution < 1.29 is 4.39 Å². The number of pyridine rings is 1. The van der Waals surface area contributed by atoms with E-state index in [1.54, 1.807) is 6.07 Å². The molecule has 0 spiro atoms. The summed E-state index contributed by atoms with van der Waals surface area (Å²) in [5.41, 5.74) is 3.46. The van der Waals surface area contributed by atoms with Gasteiger partial charge in [0.15, 0.2) is 5.65 Å². The zero-order chi connectivity index (χ0) is 13.5. The average molecular weight is 268 g/mol. The van der Waals surface area contributed by atoms with E-state index in [1.807, 2.05) is 0 Å². The number of aromatic nitrogens is 3. The van der Waals surface area contributed by atoms with Crippen molar-refractivity contribution in [2.45, 2.75) is 12.3 Å². The van der Waals surface area contributed by atoms with Gasteiger partial charge in [-0.3, -0.25) is 0 Å². The van der Waals surface area contributed by atoms with Gasteiger partial charge in [-0.05, 0) is 29.7 Å². The predicted molar refractivity (Wildman–Crippen MR) is 74.3 cm³/mol. The normalized spacial score (nSPS) is 16.8. The summed E-state index contributed by atoms with van der Waals surface area (Å²) in [6.45, 7) is 0.802. The summed E-state index contributed by atoms with van der Waals surface area (Å²) in [4.78, 5) is 4.31. The predicted octanol–water partition coefficient (Wildman–Crippen LogP) is 2.62. The first-order chi connectivity index (χ1) is 9.79. The lowest BCUT2D eigenvalue weighted by molar-refractivity contribution is 0.614. The van der Waals surface area contributed by atoms with Gasteiger partial charge in [0.25, 0.3) is 0 Å². The standard InChI is InChI=1S/C15H13FN4/c16-12-5-6-14-18-15(19-20(14)9-12)17-8-11-7-10-3-1-2-4-13(10)11/h1-6,9,11H,7-8H2,(H,17,19). The largest absolute Gasteiger partial charge is 0.352 e. The van der Waals surface area contributed by atoms with Gasteiger partial charge in [0.1, 0.15) is 5.82 Å². The van der Waals surface area contributed by atoms with Crippen molar-refractivity contribution in [2.24, 2.45) is 0 Å². The first-order valence-electron chi connectivity index (χ1n) is 6.63. The van der Waals surface area contributed by atoms with Crippen molar-refractivity contribution in [3.8, 4) is 0 Å². The van der Waals surface area contributed by atoms with Gasteiger partial charge < -0.3 is 5.32 Å². The van der Waals surface area contributed by atoms with Gasteiger partial charge in [-0.1, -0.05) is 24.3 Å². The van der Waals surface area contributed by atoms with E-state index in [0.29, 0.717) is 17.5 Å². The Labute approximate surface area is 115 Å². The fourth-order valence-electron chi connectivity index (χ4n) is 2.69. The molecule has 0 fully saturated rings. The summed E-state index contributed by atoms with van der Waals surface area (Å²) in [5.74, 6) is 0.733. The Morgan fingerprint density at radius 3 is 3.05 bits per heavy atom. The van der Waals surface area contributed by atoms with Crippen LogP contribution in [0.3, 0.4) is 0 Å². The second-order valence-corrected chi connectivity index (χ2v) is 5.07. The maximum Gasteiger partial charge on any atom is 0.243 e. The van der Waals surface area contributed by atoms with Crippen molar-refractivity contribution in [3.05, 3.63) is 59.5 Å². The monoisotopic (exact) mass is 268 g/mol. The summed E-state index contributed by atoms with van der Waals surface area (Å²) in [5, 5.41) is 7.45. The minimum absolute atomic E-state index is 0.318.